The molecule has 0 aliphatic carbocycles. The van der Waals surface area contributed by atoms with Crippen LogP contribution in [0.4, 0.5) is 5.82 Å². The lowest BCUT2D eigenvalue weighted by Gasteiger charge is -2.07. The molecule has 1 N–H and O–H groups in total. The first-order valence-corrected chi connectivity index (χ1v) is 7.19. The summed E-state index contributed by atoms with van der Waals surface area (Å²) in [5.74, 6) is -0.738. The average Bonchev–Trinajstić information content (AvgIpc) is 2.58. The summed E-state index contributed by atoms with van der Waals surface area (Å²) in [5.41, 5.74) is 1.21. The number of aryl methyl sites for hydroxylation is 1. The van der Waals surface area contributed by atoms with E-state index in [4.69, 9.17) is 4.74 Å². The number of nitro groups is 1. The molecule has 0 aliphatic rings. The minimum Gasteiger partial charge on any atom is -0.476 e. The molecule has 7 heteroatoms. The molecule has 0 radical (unpaired) electrons. The monoisotopic (exact) mass is 315 g/mol. The molecule has 120 valence electrons. The molecule has 0 unspecified atom stereocenters. The molecule has 2 aromatic rings. The van der Waals surface area contributed by atoms with E-state index in [-0.39, 0.29) is 18.3 Å². The van der Waals surface area contributed by atoms with Crippen LogP contribution in [0.5, 0.6) is 5.75 Å². The van der Waals surface area contributed by atoms with Crippen LogP contribution in [-0.4, -0.2) is 29.0 Å². The van der Waals surface area contributed by atoms with E-state index in [0.29, 0.717) is 6.54 Å². The van der Waals surface area contributed by atoms with Gasteiger partial charge in [0.15, 0.2) is 6.61 Å². The Morgan fingerprint density at radius 2 is 2.00 bits per heavy atom. The van der Waals surface area contributed by atoms with Gasteiger partial charge in [0.2, 0.25) is 5.75 Å². The zero-order valence-corrected chi connectivity index (χ0v) is 12.5. The maximum atomic E-state index is 11.7. The van der Waals surface area contributed by atoms with Crippen molar-refractivity contribution >= 4 is 11.7 Å². The topological polar surface area (TPSA) is 94.4 Å². The van der Waals surface area contributed by atoms with Gasteiger partial charge in [0, 0.05) is 6.54 Å². The second-order valence-electron chi connectivity index (χ2n) is 4.81. The number of amides is 1. The third-order valence-corrected chi connectivity index (χ3v) is 3.09. The second-order valence-corrected chi connectivity index (χ2v) is 4.81. The van der Waals surface area contributed by atoms with Crippen LogP contribution in [0.15, 0.2) is 48.7 Å². The summed E-state index contributed by atoms with van der Waals surface area (Å²) in [4.78, 5) is 25.4. The number of carbonyl (C=O) groups excluding carboxylic acids is 1. The summed E-state index contributed by atoms with van der Waals surface area (Å²) < 4.78 is 5.16. The number of nitrogens with zero attached hydrogens (tertiary/aromatic N) is 2. The molecule has 0 bridgehead atoms. The number of pyridine rings is 1. The molecule has 1 aromatic carbocycles. The number of benzene rings is 1. The fraction of sp³-hybridized carbons (Fsp3) is 0.250. The fourth-order valence-electron chi connectivity index (χ4n) is 1.99. The van der Waals surface area contributed by atoms with Gasteiger partial charge in [-0.15, -0.1) is 0 Å². The largest absolute Gasteiger partial charge is 0.476 e. The van der Waals surface area contributed by atoms with E-state index in [1.165, 1.54) is 23.9 Å². The van der Waals surface area contributed by atoms with Gasteiger partial charge in [-0.3, -0.25) is 4.79 Å². The van der Waals surface area contributed by atoms with E-state index >= 15 is 0 Å². The predicted octanol–water partition coefficient (Wildman–Crippen LogP) is 2.12. The molecule has 0 aliphatic heterocycles. The number of hydrogen-bond donors (Lipinski definition) is 1. The maximum absolute atomic E-state index is 11.7. The first-order chi connectivity index (χ1) is 11.2. The zero-order chi connectivity index (χ0) is 16.5. The van der Waals surface area contributed by atoms with Gasteiger partial charge in [0.05, 0.1) is 0 Å². The molecule has 1 heterocycles. The molecule has 1 aromatic heterocycles. The SMILES string of the molecule is O=C(COc1cccnc1[N+](=O)[O-])NCCCc1ccccc1. The van der Waals surface area contributed by atoms with E-state index in [2.05, 4.69) is 10.3 Å². The lowest BCUT2D eigenvalue weighted by Crippen LogP contribution is -2.30. The minimum absolute atomic E-state index is 0.0167. The van der Waals surface area contributed by atoms with Gasteiger partial charge >= 0.3 is 5.82 Å². The third-order valence-electron chi connectivity index (χ3n) is 3.09. The summed E-state index contributed by atoms with van der Waals surface area (Å²) in [6.45, 7) is 0.240. The van der Waals surface area contributed by atoms with Crippen LogP contribution in [0.2, 0.25) is 0 Å². The summed E-state index contributed by atoms with van der Waals surface area (Å²) in [7, 11) is 0. The first-order valence-electron chi connectivity index (χ1n) is 7.19. The van der Waals surface area contributed by atoms with Crippen molar-refractivity contribution in [2.75, 3.05) is 13.2 Å². The van der Waals surface area contributed by atoms with Crippen LogP contribution in [-0.2, 0) is 11.2 Å². The number of ether oxygens (including phenoxy) is 1. The van der Waals surface area contributed by atoms with E-state index in [0.717, 1.165) is 12.8 Å². The Labute approximate surface area is 133 Å². The van der Waals surface area contributed by atoms with E-state index in [1.807, 2.05) is 30.3 Å². The highest BCUT2D eigenvalue weighted by molar-refractivity contribution is 5.77. The smallest absolute Gasteiger partial charge is 0.406 e. The molecular formula is C16H17N3O4. The molecule has 0 fully saturated rings. The van der Waals surface area contributed by atoms with Gasteiger partial charge < -0.3 is 20.2 Å². The Kier molecular flexibility index (Phi) is 6.05. The lowest BCUT2D eigenvalue weighted by atomic mass is 10.1. The van der Waals surface area contributed by atoms with Crippen molar-refractivity contribution in [1.82, 2.24) is 10.3 Å². The summed E-state index contributed by atoms with van der Waals surface area (Å²) in [6, 6.07) is 12.9. The van der Waals surface area contributed by atoms with Crippen molar-refractivity contribution in [2.24, 2.45) is 0 Å². The Bertz CT molecular complexity index is 661. The third kappa shape index (κ3) is 5.39. The van der Waals surface area contributed by atoms with Crippen LogP contribution in [0.25, 0.3) is 0 Å². The van der Waals surface area contributed by atoms with Crippen molar-refractivity contribution in [3.63, 3.8) is 0 Å². The molecule has 7 nitrogen and oxygen atoms in total. The number of hydrogen-bond acceptors (Lipinski definition) is 5. The summed E-state index contributed by atoms with van der Waals surface area (Å²) in [5, 5.41) is 13.5. The lowest BCUT2D eigenvalue weighted by molar-refractivity contribution is -0.390. The molecule has 0 saturated carbocycles. The number of aromatic nitrogens is 1. The van der Waals surface area contributed by atoms with Gasteiger partial charge in [0.25, 0.3) is 5.91 Å². The standard InChI is InChI=1S/C16H17N3O4/c20-15(17-10-4-8-13-6-2-1-3-7-13)12-23-14-9-5-11-18-16(14)19(21)22/h1-3,5-7,9,11H,4,8,10,12H2,(H,17,20). The number of nitrogens with one attached hydrogen (secondary N) is 1. The van der Waals surface area contributed by atoms with Crippen molar-refractivity contribution in [2.45, 2.75) is 12.8 Å². The van der Waals surface area contributed by atoms with Crippen molar-refractivity contribution in [3.8, 4) is 5.75 Å². The van der Waals surface area contributed by atoms with Crippen LogP contribution in [0.1, 0.15) is 12.0 Å². The molecule has 1 amide bonds. The van der Waals surface area contributed by atoms with E-state index < -0.39 is 10.7 Å². The van der Waals surface area contributed by atoms with Crippen molar-refractivity contribution < 1.29 is 14.5 Å². The minimum atomic E-state index is -0.646. The molecular weight excluding hydrogens is 298 g/mol. The maximum Gasteiger partial charge on any atom is 0.406 e. The van der Waals surface area contributed by atoms with Gasteiger partial charge in [0.1, 0.15) is 6.20 Å². The van der Waals surface area contributed by atoms with Gasteiger partial charge in [-0.25, -0.2) is 0 Å². The Morgan fingerprint density at radius 1 is 1.22 bits per heavy atom. The highest BCUT2D eigenvalue weighted by Gasteiger charge is 2.16. The zero-order valence-electron chi connectivity index (χ0n) is 12.5. The molecule has 2 rings (SSSR count). The van der Waals surface area contributed by atoms with Crippen LogP contribution in [0.3, 0.4) is 0 Å². The number of carbonyl (C=O) groups is 1. The van der Waals surface area contributed by atoms with E-state index in [1.54, 1.807) is 0 Å². The van der Waals surface area contributed by atoms with Crippen molar-refractivity contribution in [1.29, 1.82) is 0 Å². The Morgan fingerprint density at radius 3 is 2.74 bits per heavy atom. The quantitative estimate of drug-likeness (QED) is 0.457. The van der Waals surface area contributed by atoms with E-state index in [9.17, 15) is 14.9 Å². The van der Waals surface area contributed by atoms with Gasteiger partial charge in [-0.2, -0.15) is 0 Å². The first kappa shape index (κ1) is 16.4. The van der Waals surface area contributed by atoms with Crippen molar-refractivity contribution in [3.05, 3.63) is 64.3 Å². The molecule has 0 spiro atoms. The number of rotatable bonds is 8. The van der Waals surface area contributed by atoms with Gasteiger partial charge in [-0.05, 0) is 40.4 Å². The van der Waals surface area contributed by atoms with Gasteiger partial charge in [-0.1, -0.05) is 30.3 Å². The highest BCUT2D eigenvalue weighted by Crippen LogP contribution is 2.22. The highest BCUT2D eigenvalue weighted by atomic mass is 16.6. The molecule has 0 saturated heterocycles. The Hall–Kier alpha value is -2.96. The Balaban J connectivity index is 1.70. The summed E-state index contributed by atoms with van der Waals surface area (Å²) >= 11 is 0. The van der Waals surface area contributed by atoms with Crippen LogP contribution in [0, 0.1) is 10.1 Å². The van der Waals surface area contributed by atoms with Crippen LogP contribution >= 0.6 is 0 Å². The van der Waals surface area contributed by atoms with Crippen LogP contribution < -0.4 is 10.1 Å². The summed E-state index contributed by atoms with van der Waals surface area (Å²) in [6.07, 6.45) is 2.98. The molecule has 23 heavy (non-hydrogen) atoms. The molecule has 0 atom stereocenters. The fourth-order valence-corrected chi connectivity index (χ4v) is 1.99. The predicted molar refractivity (Wildman–Crippen MR) is 84.2 cm³/mol. The normalized spacial score (nSPS) is 10.1. The average molecular weight is 315 g/mol. The second kappa shape index (κ2) is 8.47.